The number of anilines is 1. The summed E-state index contributed by atoms with van der Waals surface area (Å²) in [6.07, 6.45) is 1.67. The summed E-state index contributed by atoms with van der Waals surface area (Å²) in [5, 5.41) is 13.8. The van der Waals surface area contributed by atoms with Crippen molar-refractivity contribution in [3.05, 3.63) is 48.7 Å². The Morgan fingerprint density at radius 2 is 1.86 bits per heavy atom. The average molecular weight is 294 g/mol. The molecule has 0 atom stereocenters. The first kappa shape index (κ1) is 12.0. The van der Waals surface area contributed by atoms with E-state index in [9.17, 15) is 0 Å². The van der Waals surface area contributed by atoms with Crippen LogP contribution in [-0.2, 0) is 0 Å². The van der Waals surface area contributed by atoms with E-state index in [-0.39, 0.29) is 0 Å². The van der Waals surface area contributed by atoms with Crippen LogP contribution in [0.2, 0.25) is 0 Å². The van der Waals surface area contributed by atoms with Gasteiger partial charge in [-0.15, -0.1) is 10.2 Å². The lowest BCUT2D eigenvalue weighted by molar-refractivity contribution is 0.970. The number of nitrogens with zero attached hydrogens (tertiary/aromatic N) is 5. The molecule has 6 nitrogen and oxygen atoms in total. The smallest absolute Gasteiger partial charge is 0.235 e. The Kier molecular flexibility index (Phi) is 2.65. The van der Waals surface area contributed by atoms with E-state index < -0.39 is 0 Å². The Balaban J connectivity index is 1.87. The Morgan fingerprint density at radius 1 is 1.00 bits per heavy atom. The number of hydrogen-bond donors (Lipinski definition) is 1. The molecule has 0 saturated heterocycles. The van der Waals surface area contributed by atoms with Gasteiger partial charge in [0.15, 0.2) is 5.82 Å². The maximum absolute atomic E-state index is 5.72. The van der Waals surface area contributed by atoms with Crippen LogP contribution < -0.4 is 5.73 Å². The van der Waals surface area contributed by atoms with Crippen molar-refractivity contribution in [2.24, 2.45) is 0 Å². The van der Waals surface area contributed by atoms with Gasteiger partial charge in [-0.1, -0.05) is 41.7 Å². The second kappa shape index (κ2) is 4.64. The fourth-order valence-corrected chi connectivity index (χ4v) is 2.92. The molecule has 0 bridgehead atoms. The molecular formula is C14H10N6S. The zero-order chi connectivity index (χ0) is 14.2. The van der Waals surface area contributed by atoms with Crippen LogP contribution in [0.25, 0.3) is 26.9 Å². The largest absolute Gasteiger partial charge is 0.384 e. The summed E-state index contributed by atoms with van der Waals surface area (Å²) >= 11 is 1.47. The lowest BCUT2D eigenvalue weighted by Crippen LogP contribution is -1.92. The van der Waals surface area contributed by atoms with Crippen LogP contribution in [0.15, 0.2) is 48.7 Å². The molecule has 0 amide bonds. The van der Waals surface area contributed by atoms with Crippen molar-refractivity contribution in [3.8, 4) is 22.0 Å². The number of hydrogen-bond acceptors (Lipinski definition) is 6. The molecule has 0 aliphatic heterocycles. The van der Waals surface area contributed by atoms with Crippen molar-refractivity contribution in [1.29, 1.82) is 0 Å². The molecule has 3 heterocycles. The van der Waals surface area contributed by atoms with E-state index in [1.54, 1.807) is 16.8 Å². The topological polar surface area (TPSA) is 82.0 Å². The Labute approximate surface area is 123 Å². The third-order valence-electron chi connectivity index (χ3n) is 3.05. The summed E-state index contributed by atoms with van der Waals surface area (Å²) in [7, 11) is 0. The Morgan fingerprint density at radius 3 is 2.67 bits per heavy atom. The maximum atomic E-state index is 5.72. The van der Waals surface area contributed by atoms with Gasteiger partial charge in [-0.05, 0) is 12.1 Å². The molecule has 102 valence electrons. The quantitative estimate of drug-likeness (QED) is 0.614. The molecule has 1 aromatic carbocycles. The molecule has 0 fully saturated rings. The van der Waals surface area contributed by atoms with E-state index in [1.165, 1.54) is 11.3 Å². The summed E-state index contributed by atoms with van der Waals surface area (Å²) in [4.78, 5) is 4.74. The predicted molar refractivity (Wildman–Crippen MR) is 81.7 cm³/mol. The van der Waals surface area contributed by atoms with E-state index in [1.807, 2.05) is 36.4 Å². The summed E-state index contributed by atoms with van der Waals surface area (Å²) in [5.41, 5.74) is 7.63. The first-order valence-corrected chi connectivity index (χ1v) is 7.12. The van der Waals surface area contributed by atoms with Crippen molar-refractivity contribution in [1.82, 2.24) is 24.8 Å². The van der Waals surface area contributed by atoms with Gasteiger partial charge in [0.1, 0.15) is 10.8 Å². The number of aromatic nitrogens is 5. The van der Waals surface area contributed by atoms with Crippen LogP contribution in [0, 0.1) is 0 Å². The first-order chi connectivity index (χ1) is 10.3. The predicted octanol–water partition coefficient (Wildman–Crippen LogP) is 2.50. The van der Waals surface area contributed by atoms with Gasteiger partial charge in [-0.3, -0.25) is 0 Å². The zero-order valence-corrected chi connectivity index (χ0v) is 11.7. The highest BCUT2D eigenvalue weighted by Gasteiger charge is 2.14. The standard InChI is InChI=1S/C14H10N6S/c15-11-8-10(6-7-16-11)13-19-20-12(17-18-14(20)21-13)9-4-2-1-3-5-9/h1-8H,(H2,15,16). The average Bonchev–Trinajstić information content (AvgIpc) is 3.08. The monoisotopic (exact) mass is 294 g/mol. The van der Waals surface area contributed by atoms with E-state index >= 15 is 0 Å². The van der Waals surface area contributed by atoms with E-state index in [0.29, 0.717) is 5.82 Å². The van der Waals surface area contributed by atoms with Crippen LogP contribution in [0.1, 0.15) is 0 Å². The van der Waals surface area contributed by atoms with Gasteiger partial charge < -0.3 is 5.73 Å². The van der Waals surface area contributed by atoms with Crippen LogP contribution in [0.4, 0.5) is 5.82 Å². The number of fused-ring (bicyclic) bond motifs is 1. The van der Waals surface area contributed by atoms with Crippen molar-refractivity contribution in [3.63, 3.8) is 0 Å². The van der Waals surface area contributed by atoms with Gasteiger partial charge >= 0.3 is 0 Å². The van der Waals surface area contributed by atoms with Gasteiger partial charge in [-0.2, -0.15) is 9.61 Å². The molecular weight excluding hydrogens is 284 g/mol. The molecule has 0 spiro atoms. The van der Waals surface area contributed by atoms with Crippen molar-refractivity contribution in [2.75, 3.05) is 5.73 Å². The SMILES string of the molecule is Nc1cc(-c2nn3c(-c4ccccc4)nnc3s2)ccn1. The lowest BCUT2D eigenvalue weighted by atomic mass is 10.2. The van der Waals surface area contributed by atoms with Gasteiger partial charge in [0.25, 0.3) is 0 Å². The second-order valence-corrected chi connectivity index (χ2v) is 5.42. The van der Waals surface area contributed by atoms with Crippen LogP contribution in [0.3, 0.4) is 0 Å². The van der Waals surface area contributed by atoms with E-state index in [4.69, 9.17) is 5.73 Å². The third-order valence-corrected chi connectivity index (χ3v) is 4.00. The van der Waals surface area contributed by atoms with Gasteiger partial charge in [0.2, 0.25) is 4.96 Å². The number of nitrogen functional groups attached to an aromatic ring is 1. The van der Waals surface area contributed by atoms with Crippen molar-refractivity contribution in [2.45, 2.75) is 0 Å². The molecule has 4 rings (SSSR count). The van der Waals surface area contributed by atoms with Crippen molar-refractivity contribution >= 4 is 22.1 Å². The molecule has 3 aromatic heterocycles. The minimum absolute atomic E-state index is 0.474. The second-order valence-electron chi connectivity index (χ2n) is 4.46. The molecule has 0 unspecified atom stereocenters. The molecule has 0 aliphatic rings. The Bertz CT molecular complexity index is 912. The highest BCUT2D eigenvalue weighted by atomic mass is 32.1. The minimum atomic E-state index is 0.474. The van der Waals surface area contributed by atoms with Gasteiger partial charge in [-0.25, -0.2) is 4.98 Å². The maximum Gasteiger partial charge on any atom is 0.235 e. The number of benzene rings is 1. The molecule has 21 heavy (non-hydrogen) atoms. The van der Waals surface area contributed by atoms with Crippen LogP contribution in [-0.4, -0.2) is 24.8 Å². The molecule has 2 N–H and O–H groups in total. The van der Waals surface area contributed by atoms with E-state index in [0.717, 1.165) is 26.9 Å². The lowest BCUT2D eigenvalue weighted by Gasteiger charge is -1.97. The molecule has 0 radical (unpaired) electrons. The zero-order valence-electron chi connectivity index (χ0n) is 10.8. The normalized spacial score (nSPS) is 11.0. The molecule has 0 aliphatic carbocycles. The number of pyridine rings is 1. The Hall–Kier alpha value is -2.80. The van der Waals surface area contributed by atoms with E-state index in [2.05, 4.69) is 20.3 Å². The highest BCUT2D eigenvalue weighted by Crippen LogP contribution is 2.28. The first-order valence-electron chi connectivity index (χ1n) is 6.31. The molecule has 4 aromatic rings. The minimum Gasteiger partial charge on any atom is -0.384 e. The van der Waals surface area contributed by atoms with Crippen LogP contribution in [0.5, 0.6) is 0 Å². The third kappa shape index (κ3) is 2.03. The number of rotatable bonds is 2. The summed E-state index contributed by atoms with van der Waals surface area (Å²) in [5.74, 6) is 1.21. The molecule has 0 saturated carbocycles. The fourth-order valence-electron chi connectivity index (χ4n) is 2.08. The fraction of sp³-hybridized carbons (Fsp3) is 0. The van der Waals surface area contributed by atoms with Crippen LogP contribution >= 0.6 is 11.3 Å². The van der Waals surface area contributed by atoms with Crippen molar-refractivity contribution < 1.29 is 0 Å². The highest BCUT2D eigenvalue weighted by molar-refractivity contribution is 7.19. The summed E-state index contributed by atoms with van der Waals surface area (Å²) in [6, 6.07) is 13.5. The van der Waals surface area contributed by atoms with Gasteiger partial charge in [0, 0.05) is 17.3 Å². The summed E-state index contributed by atoms with van der Waals surface area (Å²) < 4.78 is 1.76. The summed E-state index contributed by atoms with van der Waals surface area (Å²) in [6.45, 7) is 0. The van der Waals surface area contributed by atoms with Gasteiger partial charge in [0.05, 0.1) is 0 Å². The number of nitrogens with two attached hydrogens (primary N) is 1. The molecule has 7 heteroatoms.